The first kappa shape index (κ1) is 12.4. The van der Waals surface area contributed by atoms with Crippen LogP contribution in [0.25, 0.3) is 0 Å². The summed E-state index contributed by atoms with van der Waals surface area (Å²) in [4.78, 5) is 11.9. The zero-order chi connectivity index (χ0) is 11.3. The lowest BCUT2D eigenvalue weighted by molar-refractivity contribution is 0.0972. The first-order chi connectivity index (χ1) is 7.20. The Morgan fingerprint density at radius 1 is 1.67 bits per heavy atom. The second-order valence-electron chi connectivity index (χ2n) is 3.34. The van der Waals surface area contributed by atoms with Gasteiger partial charge < -0.3 is 5.32 Å². The number of aryl methyl sites for hydroxylation is 1. The molecule has 5 heteroatoms. The van der Waals surface area contributed by atoms with Crippen LogP contribution >= 0.6 is 15.9 Å². The van der Waals surface area contributed by atoms with E-state index in [1.54, 1.807) is 10.9 Å². The van der Waals surface area contributed by atoms with Crippen molar-refractivity contribution in [2.24, 2.45) is 0 Å². The normalized spacial score (nSPS) is 10.6. The Balaban J connectivity index is 2.80. The Bertz CT molecular complexity index is 335. The summed E-state index contributed by atoms with van der Waals surface area (Å²) in [6, 6.07) is 0. The van der Waals surface area contributed by atoms with Crippen LogP contribution in [-0.2, 0) is 6.54 Å². The number of halogens is 1. The van der Waals surface area contributed by atoms with Gasteiger partial charge in [0.2, 0.25) is 0 Å². The fourth-order valence-electron chi connectivity index (χ4n) is 1.38. The number of ketones is 1. The fourth-order valence-corrected chi connectivity index (χ4v) is 1.90. The molecule has 0 bridgehead atoms. The number of nitrogens with zero attached hydrogens (tertiary/aromatic N) is 2. The van der Waals surface area contributed by atoms with Gasteiger partial charge in [0.1, 0.15) is 5.69 Å². The summed E-state index contributed by atoms with van der Waals surface area (Å²) < 4.78 is 2.55. The molecule has 0 aliphatic heterocycles. The molecule has 4 nitrogen and oxygen atoms in total. The molecule has 1 aromatic heterocycles. The van der Waals surface area contributed by atoms with Crippen LogP contribution in [0.4, 0.5) is 0 Å². The number of hydrogen-bond donors (Lipinski definition) is 1. The van der Waals surface area contributed by atoms with Crippen molar-refractivity contribution in [2.45, 2.75) is 26.3 Å². The van der Waals surface area contributed by atoms with Gasteiger partial charge in [-0.25, -0.2) is 0 Å². The van der Waals surface area contributed by atoms with Gasteiger partial charge >= 0.3 is 0 Å². The highest BCUT2D eigenvalue weighted by Crippen LogP contribution is 2.17. The van der Waals surface area contributed by atoms with E-state index in [0.717, 1.165) is 17.4 Å². The van der Waals surface area contributed by atoms with Crippen LogP contribution in [0, 0.1) is 0 Å². The second-order valence-corrected chi connectivity index (χ2v) is 4.20. The first-order valence-electron chi connectivity index (χ1n) is 5.09. The van der Waals surface area contributed by atoms with E-state index in [4.69, 9.17) is 0 Å². The molecular weight excluding hydrogens is 258 g/mol. The van der Waals surface area contributed by atoms with Gasteiger partial charge in [-0.1, -0.05) is 6.92 Å². The lowest BCUT2D eigenvalue weighted by atomic mass is 10.2. The molecule has 0 amide bonds. The number of Topliss-reactive ketones (excluding diaryl/α,β-unsaturated/α-hetero) is 1. The smallest absolute Gasteiger partial charge is 0.183 e. The van der Waals surface area contributed by atoms with E-state index in [-0.39, 0.29) is 5.78 Å². The van der Waals surface area contributed by atoms with Crippen LogP contribution < -0.4 is 5.32 Å². The maximum Gasteiger partial charge on any atom is 0.183 e. The molecule has 15 heavy (non-hydrogen) atoms. The van der Waals surface area contributed by atoms with Crippen molar-refractivity contribution in [1.29, 1.82) is 0 Å². The van der Waals surface area contributed by atoms with Gasteiger partial charge in [0.25, 0.3) is 0 Å². The van der Waals surface area contributed by atoms with Gasteiger partial charge in [0, 0.05) is 19.5 Å². The molecule has 1 aromatic rings. The van der Waals surface area contributed by atoms with Gasteiger partial charge in [-0.05, 0) is 29.4 Å². The molecule has 0 fully saturated rings. The lowest BCUT2D eigenvalue weighted by Crippen LogP contribution is -2.17. The molecule has 0 atom stereocenters. The van der Waals surface area contributed by atoms with Crippen LogP contribution in [0.3, 0.4) is 0 Å². The molecule has 1 heterocycles. The lowest BCUT2D eigenvalue weighted by Gasteiger charge is -2.05. The molecule has 0 unspecified atom stereocenters. The van der Waals surface area contributed by atoms with Gasteiger partial charge in [-0.15, -0.1) is 0 Å². The third kappa shape index (κ3) is 3.14. The minimum absolute atomic E-state index is 0.127. The van der Waals surface area contributed by atoms with E-state index in [1.807, 2.05) is 7.05 Å². The number of rotatable bonds is 6. The van der Waals surface area contributed by atoms with Crippen molar-refractivity contribution in [3.05, 3.63) is 16.4 Å². The van der Waals surface area contributed by atoms with Crippen molar-refractivity contribution in [2.75, 3.05) is 13.6 Å². The molecule has 0 saturated carbocycles. The molecule has 0 aliphatic rings. The summed E-state index contributed by atoms with van der Waals surface area (Å²) >= 11 is 3.36. The van der Waals surface area contributed by atoms with E-state index in [2.05, 4.69) is 33.3 Å². The summed E-state index contributed by atoms with van der Waals surface area (Å²) in [5.74, 6) is 0.127. The van der Waals surface area contributed by atoms with Crippen molar-refractivity contribution in [3.8, 4) is 0 Å². The third-order valence-electron chi connectivity index (χ3n) is 2.10. The molecular formula is C10H16BrN3O. The quantitative estimate of drug-likeness (QED) is 0.805. The van der Waals surface area contributed by atoms with Crippen LogP contribution in [-0.4, -0.2) is 29.2 Å². The van der Waals surface area contributed by atoms with Crippen molar-refractivity contribution < 1.29 is 4.79 Å². The Hall–Kier alpha value is -0.680. The average Bonchev–Trinajstić information content (AvgIpc) is 2.57. The molecule has 0 aliphatic carbocycles. The number of aromatic nitrogens is 2. The average molecular weight is 274 g/mol. The monoisotopic (exact) mass is 273 g/mol. The van der Waals surface area contributed by atoms with Crippen LogP contribution in [0.2, 0.25) is 0 Å². The summed E-state index contributed by atoms with van der Waals surface area (Å²) in [6.07, 6.45) is 3.16. The van der Waals surface area contributed by atoms with E-state index in [1.165, 1.54) is 0 Å². The highest BCUT2D eigenvalue weighted by molar-refractivity contribution is 9.10. The number of nitrogens with one attached hydrogen (secondary N) is 1. The number of hydrogen-bond acceptors (Lipinski definition) is 3. The predicted octanol–water partition coefficient (Wildman–Crippen LogP) is 1.85. The van der Waals surface area contributed by atoms with Crippen LogP contribution in [0.15, 0.2) is 10.7 Å². The van der Waals surface area contributed by atoms with Gasteiger partial charge in [-0.3, -0.25) is 9.48 Å². The van der Waals surface area contributed by atoms with Crippen LogP contribution in [0.1, 0.15) is 30.3 Å². The summed E-state index contributed by atoms with van der Waals surface area (Å²) in [7, 11) is 1.84. The fraction of sp³-hybridized carbons (Fsp3) is 0.600. The Labute approximate surface area is 98.2 Å². The summed E-state index contributed by atoms with van der Waals surface area (Å²) in [5, 5.41) is 7.13. The predicted molar refractivity (Wildman–Crippen MR) is 63.1 cm³/mol. The van der Waals surface area contributed by atoms with Gasteiger partial charge in [0.15, 0.2) is 5.78 Å². The Morgan fingerprint density at radius 2 is 2.40 bits per heavy atom. The second kappa shape index (κ2) is 6.02. The minimum Gasteiger partial charge on any atom is -0.319 e. The SMILES string of the molecule is CCCn1ncc(Br)c1C(=O)CCNC. The molecule has 0 saturated heterocycles. The summed E-state index contributed by atoms with van der Waals surface area (Å²) in [6.45, 7) is 3.55. The van der Waals surface area contributed by atoms with Gasteiger partial charge in [-0.2, -0.15) is 5.10 Å². The van der Waals surface area contributed by atoms with Crippen molar-refractivity contribution in [1.82, 2.24) is 15.1 Å². The maximum absolute atomic E-state index is 11.9. The van der Waals surface area contributed by atoms with Gasteiger partial charge in [0.05, 0.1) is 10.7 Å². The Kier molecular flexibility index (Phi) is 4.98. The van der Waals surface area contributed by atoms with Crippen molar-refractivity contribution in [3.63, 3.8) is 0 Å². The molecule has 0 spiro atoms. The maximum atomic E-state index is 11.9. The van der Waals surface area contributed by atoms with Crippen LogP contribution in [0.5, 0.6) is 0 Å². The zero-order valence-electron chi connectivity index (χ0n) is 9.09. The highest BCUT2D eigenvalue weighted by Gasteiger charge is 2.15. The Morgan fingerprint density at radius 3 is 3.00 bits per heavy atom. The first-order valence-corrected chi connectivity index (χ1v) is 5.89. The molecule has 1 rings (SSSR count). The van der Waals surface area contributed by atoms with E-state index >= 15 is 0 Å². The highest BCUT2D eigenvalue weighted by atomic mass is 79.9. The number of carbonyl (C=O) groups is 1. The zero-order valence-corrected chi connectivity index (χ0v) is 10.7. The molecule has 0 aromatic carbocycles. The third-order valence-corrected chi connectivity index (χ3v) is 2.68. The van der Waals surface area contributed by atoms with E-state index < -0.39 is 0 Å². The van der Waals surface area contributed by atoms with E-state index in [9.17, 15) is 4.79 Å². The minimum atomic E-state index is 0.127. The standard InChI is InChI=1S/C10H16BrN3O/c1-3-6-14-10(8(11)7-13-14)9(15)4-5-12-2/h7,12H,3-6H2,1-2H3. The van der Waals surface area contributed by atoms with E-state index in [0.29, 0.717) is 18.7 Å². The summed E-state index contributed by atoms with van der Waals surface area (Å²) in [5.41, 5.74) is 0.687. The number of carbonyl (C=O) groups excluding carboxylic acids is 1. The molecule has 1 N–H and O–H groups in total. The van der Waals surface area contributed by atoms with Crippen molar-refractivity contribution >= 4 is 21.7 Å². The largest absolute Gasteiger partial charge is 0.319 e. The topological polar surface area (TPSA) is 46.9 Å². The molecule has 84 valence electrons. The molecule has 0 radical (unpaired) electrons.